The highest BCUT2D eigenvalue weighted by atomic mass is 79.9. The molecule has 0 unspecified atom stereocenters. The fourth-order valence-corrected chi connectivity index (χ4v) is 3.38. The van der Waals surface area contributed by atoms with Gasteiger partial charge in [-0.3, -0.25) is 0 Å². The van der Waals surface area contributed by atoms with Crippen LogP contribution >= 0.6 is 15.9 Å². The minimum atomic E-state index is 0.869. The van der Waals surface area contributed by atoms with Crippen LogP contribution in [-0.4, -0.2) is 38.6 Å². The van der Waals surface area contributed by atoms with E-state index < -0.39 is 0 Å². The van der Waals surface area contributed by atoms with Crippen molar-refractivity contribution in [2.75, 3.05) is 38.6 Å². The topological polar surface area (TPSA) is 6.48 Å². The first kappa shape index (κ1) is 14.9. The van der Waals surface area contributed by atoms with E-state index in [9.17, 15) is 0 Å². The number of aryl methyl sites for hydroxylation is 1. The summed E-state index contributed by atoms with van der Waals surface area (Å²) in [5.41, 5.74) is 4.19. The quantitative estimate of drug-likeness (QED) is 0.780. The van der Waals surface area contributed by atoms with Crippen molar-refractivity contribution in [1.82, 2.24) is 4.90 Å². The second-order valence-electron chi connectivity index (χ2n) is 5.95. The number of hydrogen-bond donors (Lipinski definition) is 0. The van der Waals surface area contributed by atoms with Crippen LogP contribution in [-0.2, 0) is 5.33 Å². The molecule has 19 heavy (non-hydrogen) atoms. The second kappa shape index (κ2) is 6.76. The Labute approximate surface area is 125 Å². The average molecular weight is 325 g/mol. The van der Waals surface area contributed by atoms with E-state index in [-0.39, 0.29) is 0 Å². The summed E-state index contributed by atoms with van der Waals surface area (Å²) in [5, 5.41) is 0.943. The summed E-state index contributed by atoms with van der Waals surface area (Å²) in [7, 11) is 4.35. The van der Waals surface area contributed by atoms with E-state index >= 15 is 0 Å². The normalized spacial score (nSPS) is 17.2. The summed E-state index contributed by atoms with van der Waals surface area (Å²) in [5.74, 6) is 0.869. The van der Waals surface area contributed by atoms with E-state index in [1.54, 1.807) is 0 Å². The molecular formula is C16H25BrN2. The second-order valence-corrected chi connectivity index (χ2v) is 6.51. The summed E-state index contributed by atoms with van der Waals surface area (Å²) in [4.78, 5) is 4.87. The molecule has 0 bridgehead atoms. The average Bonchev–Trinajstić information content (AvgIpc) is 2.39. The Kier molecular flexibility index (Phi) is 5.28. The zero-order valence-corrected chi connectivity index (χ0v) is 13.9. The van der Waals surface area contributed by atoms with Crippen molar-refractivity contribution in [2.45, 2.75) is 25.1 Å². The predicted molar refractivity (Wildman–Crippen MR) is 87.3 cm³/mol. The van der Waals surface area contributed by atoms with E-state index in [0.29, 0.717) is 0 Å². The van der Waals surface area contributed by atoms with Crippen molar-refractivity contribution in [1.29, 1.82) is 0 Å². The largest absolute Gasteiger partial charge is 0.371 e. The third-order valence-electron chi connectivity index (χ3n) is 3.99. The number of alkyl halides is 1. The van der Waals surface area contributed by atoms with Crippen molar-refractivity contribution in [3.8, 4) is 0 Å². The summed E-state index contributed by atoms with van der Waals surface area (Å²) >= 11 is 3.52. The lowest BCUT2D eigenvalue weighted by atomic mass is 9.95. The summed E-state index contributed by atoms with van der Waals surface area (Å²) in [6.07, 6.45) is 2.63. The molecule has 0 saturated carbocycles. The van der Waals surface area contributed by atoms with Gasteiger partial charge in [0.05, 0.1) is 0 Å². The number of hydrogen-bond acceptors (Lipinski definition) is 2. The molecule has 0 radical (unpaired) electrons. The fraction of sp³-hybridized carbons (Fsp3) is 0.625. The van der Waals surface area contributed by atoms with Gasteiger partial charge < -0.3 is 9.80 Å². The van der Waals surface area contributed by atoms with E-state index in [1.165, 1.54) is 49.3 Å². The Morgan fingerprint density at radius 2 is 1.95 bits per heavy atom. The minimum absolute atomic E-state index is 0.869. The van der Waals surface area contributed by atoms with Crippen molar-refractivity contribution in [3.05, 3.63) is 29.3 Å². The number of anilines is 1. The zero-order chi connectivity index (χ0) is 13.8. The van der Waals surface area contributed by atoms with Crippen LogP contribution in [0.25, 0.3) is 0 Å². The highest BCUT2D eigenvalue weighted by Crippen LogP contribution is 2.27. The lowest BCUT2D eigenvalue weighted by molar-refractivity contribution is 0.285. The SMILES string of the molecule is Cc1cc(CBr)ccc1N1CCC(CN(C)C)CC1. The number of piperidine rings is 1. The Morgan fingerprint density at radius 3 is 2.47 bits per heavy atom. The molecule has 2 nitrogen and oxygen atoms in total. The molecule has 0 spiro atoms. The van der Waals surface area contributed by atoms with Crippen LogP contribution in [0.5, 0.6) is 0 Å². The van der Waals surface area contributed by atoms with E-state index in [2.05, 4.69) is 64.9 Å². The van der Waals surface area contributed by atoms with Gasteiger partial charge in [-0.25, -0.2) is 0 Å². The molecule has 0 N–H and O–H groups in total. The molecule has 2 rings (SSSR count). The third kappa shape index (κ3) is 3.96. The van der Waals surface area contributed by atoms with Crippen LogP contribution in [0, 0.1) is 12.8 Å². The highest BCUT2D eigenvalue weighted by Gasteiger charge is 2.20. The molecule has 3 heteroatoms. The van der Waals surface area contributed by atoms with Crippen LogP contribution < -0.4 is 4.90 Å². The van der Waals surface area contributed by atoms with Crippen LogP contribution in [0.1, 0.15) is 24.0 Å². The van der Waals surface area contributed by atoms with Gasteiger partial charge >= 0.3 is 0 Å². The third-order valence-corrected chi connectivity index (χ3v) is 4.64. The van der Waals surface area contributed by atoms with Gasteiger partial charge in [-0.05, 0) is 57.0 Å². The molecular weight excluding hydrogens is 300 g/mol. The fourth-order valence-electron chi connectivity index (χ4n) is 3.03. The van der Waals surface area contributed by atoms with Crippen LogP contribution in [0.3, 0.4) is 0 Å². The molecule has 1 aromatic carbocycles. The highest BCUT2D eigenvalue weighted by molar-refractivity contribution is 9.08. The number of halogens is 1. The van der Waals surface area contributed by atoms with Gasteiger partial charge in [-0.15, -0.1) is 0 Å². The Morgan fingerprint density at radius 1 is 1.26 bits per heavy atom. The predicted octanol–water partition coefficient (Wildman–Crippen LogP) is 3.67. The first-order valence-corrected chi connectivity index (χ1v) is 8.27. The molecule has 1 aliphatic heterocycles. The van der Waals surface area contributed by atoms with Crippen LogP contribution in [0.15, 0.2) is 18.2 Å². The van der Waals surface area contributed by atoms with Crippen LogP contribution in [0.2, 0.25) is 0 Å². The van der Waals surface area contributed by atoms with Gasteiger partial charge in [-0.2, -0.15) is 0 Å². The monoisotopic (exact) mass is 324 g/mol. The lowest BCUT2D eigenvalue weighted by Gasteiger charge is -2.35. The number of rotatable bonds is 4. The van der Waals surface area contributed by atoms with Gasteiger partial charge in [-0.1, -0.05) is 28.1 Å². The molecule has 106 valence electrons. The van der Waals surface area contributed by atoms with Crippen molar-refractivity contribution in [3.63, 3.8) is 0 Å². The van der Waals surface area contributed by atoms with Crippen molar-refractivity contribution in [2.24, 2.45) is 5.92 Å². The molecule has 0 aliphatic carbocycles. The van der Waals surface area contributed by atoms with Gasteiger partial charge in [0.1, 0.15) is 0 Å². The van der Waals surface area contributed by atoms with Gasteiger partial charge in [0, 0.05) is 30.7 Å². The first-order chi connectivity index (χ1) is 9.10. The smallest absolute Gasteiger partial charge is 0.0396 e. The lowest BCUT2D eigenvalue weighted by Crippen LogP contribution is -2.37. The Balaban J connectivity index is 1.97. The van der Waals surface area contributed by atoms with Crippen LogP contribution in [0.4, 0.5) is 5.69 Å². The summed E-state index contributed by atoms with van der Waals surface area (Å²) < 4.78 is 0. The van der Waals surface area contributed by atoms with E-state index in [0.717, 1.165) is 11.2 Å². The standard InChI is InChI=1S/C16H25BrN2/c1-13-10-15(11-17)4-5-16(13)19-8-6-14(7-9-19)12-18(2)3/h4-5,10,14H,6-9,11-12H2,1-3H3. The zero-order valence-electron chi connectivity index (χ0n) is 12.3. The van der Waals surface area contributed by atoms with Crippen molar-refractivity contribution < 1.29 is 0 Å². The number of nitrogens with zero attached hydrogens (tertiary/aromatic N) is 2. The Hall–Kier alpha value is -0.540. The maximum Gasteiger partial charge on any atom is 0.0396 e. The van der Waals surface area contributed by atoms with E-state index in [1.807, 2.05) is 0 Å². The molecule has 1 saturated heterocycles. The van der Waals surface area contributed by atoms with E-state index in [4.69, 9.17) is 0 Å². The molecule has 0 aromatic heterocycles. The summed E-state index contributed by atoms with van der Waals surface area (Å²) in [6, 6.07) is 6.83. The maximum absolute atomic E-state index is 3.52. The molecule has 1 heterocycles. The molecule has 0 atom stereocenters. The molecule has 1 aliphatic rings. The van der Waals surface area contributed by atoms with Gasteiger partial charge in [0.15, 0.2) is 0 Å². The first-order valence-electron chi connectivity index (χ1n) is 7.15. The summed E-state index contributed by atoms with van der Waals surface area (Å²) in [6.45, 7) is 5.86. The van der Waals surface area contributed by atoms with Gasteiger partial charge in [0.2, 0.25) is 0 Å². The van der Waals surface area contributed by atoms with Crippen molar-refractivity contribution >= 4 is 21.6 Å². The minimum Gasteiger partial charge on any atom is -0.371 e. The number of benzene rings is 1. The molecule has 0 amide bonds. The Bertz CT molecular complexity index is 409. The molecule has 1 fully saturated rings. The van der Waals surface area contributed by atoms with Gasteiger partial charge in [0.25, 0.3) is 0 Å². The molecule has 1 aromatic rings. The maximum atomic E-state index is 3.52.